The lowest BCUT2D eigenvalue weighted by Gasteiger charge is -2.17. The van der Waals surface area contributed by atoms with Crippen molar-refractivity contribution in [1.29, 1.82) is 0 Å². The maximum absolute atomic E-state index is 12.6. The van der Waals surface area contributed by atoms with Crippen molar-refractivity contribution < 1.29 is 17.9 Å². The van der Waals surface area contributed by atoms with Crippen molar-refractivity contribution in [2.45, 2.75) is 11.8 Å². The molecule has 76 valence electrons. The summed E-state index contributed by atoms with van der Waals surface area (Å²) >= 11 is 3.08. The predicted octanol–water partition coefficient (Wildman–Crippen LogP) is 3.24. The van der Waals surface area contributed by atoms with Crippen LogP contribution in [0.2, 0.25) is 0 Å². The van der Waals surface area contributed by atoms with Gasteiger partial charge < -0.3 is 4.74 Å². The highest BCUT2D eigenvalue weighted by atomic mass is 79.9. The molecule has 1 aromatic rings. The molecule has 1 aliphatic rings. The van der Waals surface area contributed by atoms with Gasteiger partial charge in [-0.3, -0.25) is 0 Å². The molecule has 0 saturated carbocycles. The second-order valence-electron chi connectivity index (χ2n) is 3.09. The van der Waals surface area contributed by atoms with Crippen molar-refractivity contribution in [2.75, 3.05) is 6.61 Å². The van der Waals surface area contributed by atoms with Crippen LogP contribution in [-0.2, 0) is 10.3 Å². The molecule has 0 aliphatic carbocycles. The van der Waals surface area contributed by atoms with Gasteiger partial charge in [0.2, 0.25) is 5.60 Å². The Morgan fingerprint density at radius 2 is 1.86 bits per heavy atom. The Labute approximate surface area is 87.0 Å². The largest absolute Gasteiger partial charge is 0.424 e. The van der Waals surface area contributed by atoms with Crippen LogP contribution >= 0.6 is 15.9 Å². The summed E-state index contributed by atoms with van der Waals surface area (Å²) < 4.78 is 42.8. The Kier molecular flexibility index (Phi) is 2.12. The van der Waals surface area contributed by atoms with E-state index >= 15 is 0 Å². The average Bonchev–Trinajstić information content (AvgIpc) is 2.84. The summed E-state index contributed by atoms with van der Waals surface area (Å²) in [7, 11) is 0. The summed E-state index contributed by atoms with van der Waals surface area (Å²) in [5.74, 6) is 0. The summed E-state index contributed by atoms with van der Waals surface area (Å²) in [6.45, 7) is -0.293. The van der Waals surface area contributed by atoms with E-state index in [1.807, 2.05) is 0 Å². The summed E-state index contributed by atoms with van der Waals surface area (Å²) in [4.78, 5) is 0. The van der Waals surface area contributed by atoms with Crippen LogP contribution < -0.4 is 0 Å². The maximum Gasteiger partial charge on any atom is 0.424 e. The van der Waals surface area contributed by atoms with E-state index in [2.05, 4.69) is 20.7 Å². The zero-order valence-corrected chi connectivity index (χ0v) is 8.52. The van der Waals surface area contributed by atoms with Crippen LogP contribution in [-0.4, -0.2) is 12.8 Å². The SMILES string of the molecule is FC(F)(F)C1(c2ccccc2Br)CO1. The van der Waals surface area contributed by atoms with Crippen molar-refractivity contribution >= 4 is 15.9 Å². The second kappa shape index (κ2) is 2.97. The fraction of sp³-hybridized carbons (Fsp3) is 0.333. The topological polar surface area (TPSA) is 12.5 Å². The zero-order chi connectivity index (χ0) is 10.4. The first kappa shape index (κ1) is 9.98. The highest BCUT2D eigenvalue weighted by Crippen LogP contribution is 2.53. The van der Waals surface area contributed by atoms with E-state index in [-0.39, 0.29) is 12.2 Å². The lowest BCUT2D eigenvalue weighted by molar-refractivity contribution is -0.187. The molecule has 1 saturated heterocycles. The fourth-order valence-corrected chi connectivity index (χ4v) is 1.94. The lowest BCUT2D eigenvalue weighted by Crippen LogP contribution is -2.30. The molecular weight excluding hydrogens is 261 g/mol. The standard InChI is InChI=1S/C9H6BrF3O/c10-7-4-2-1-3-6(7)8(5-14-8)9(11,12)13/h1-4H,5H2. The van der Waals surface area contributed by atoms with Gasteiger partial charge in [0.15, 0.2) is 0 Å². The molecule has 1 nitrogen and oxygen atoms in total. The Balaban J connectivity index is 2.46. The van der Waals surface area contributed by atoms with Gasteiger partial charge in [0.25, 0.3) is 0 Å². The molecule has 1 heterocycles. The van der Waals surface area contributed by atoms with Crippen molar-refractivity contribution in [3.05, 3.63) is 34.3 Å². The molecule has 2 rings (SSSR count). The van der Waals surface area contributed by atoms with Crippen LogP contribution in [0, 0.1) is 0 Å². The van der Waals surface area contributed by atoms with Crippen molar-refractivity contribution in [2.24, 2.45) is 0 Å². The summed E-state index contributed by atoms with van der Waals surface area (Å²) in [5.41, 5.74) is -1.93. The Morgan fingerprint density at radius 1 is 1.29 bits per heavy atom. The van der Waals surface area contributed by atoms with E-state index in [1.165, 1.54) is 6.07 Å². The van der Waals surface area contributed by atoms with Gasteiger partial charge in [0.05, 0.1) is 6.61 Å². The van der Waals surface area contributed by atoms with Gasteiger partial charge in [-0.15, -0.1) is 0 Å². The molecule has 0 spiro atoms. The highest BCUT2D eigenvalue weighted by molar-refractivity contribution is 9.10. The number of hydrogen-bond acceptors (Lipinski definition) is 1. The monoisotopic (exact) mass is 266 g/mol. The van der Waals surface area contributed by atoms with E-state index in [1.54, 1.807) is 18.2 Å². The van der Waals surface area contributed by atoms with Gasteiger partial charge in [-0.25, -0.2) is 0 Å². The number of benzene rings is 1. The summed E-state index contributed by atoms with van der Waals surface area (Å²) in [6.07, 6.45) is -4.35. The number of epoxide rings is 1. The van der Waals surface area contributed by atoms with E-state index in [4.69, 9.17) is 0 Å². The quantitative estimate of drug-likeness (QED) is 0.711. The predicted molar refractivity (Wildman–Crippen MR) is 47.8 cm³/mol. The minimum Gasteiger partial charge on any atom is -0.355 e. The Bertz CT molecular complexity index is 357. The normalized spacial score (nSPS) is 26.3. The third-order valence-corrected chi connectivity index (χ3v) is 2.89. The van der Waals surface area contributed by atoms with Crippen LogP contribution in [0.15, 0.2) is 28.7 Å². The van der Waals surface area contributed by atoms with Crippen LogP contribution in [0.3, 0.4) is 0 Å². The minimum atomic E-state index is -4.35. The van der Waals surface area contributed by atoms with E-state index in [9.17, 15) is 13.2 Å². The van der Waals surface area contributed by atoms with E-state index in [0.29, 0.717) is 4.47 Å². The molecule has 0 amide bonds. The molecule has 1 fully saturated rings. The van der Waals surface area contributed by atoms with Gasteiger partial charge in [-0.05, 0) is 6.07 Å². The molecule has 1 aromatic carbocycles. The van der Waals surface area contributed by atoms with Gasteiger partial charge in [-0.1, -0.05) is 34.1 Å². The molecular formula is C9H6BrF3O. The first-order valence-electron chi connectivity index (χ1n) is 3.93. The smallest absolute Gasteiger partial charge is 0.355 e. The lowest BCUT2D eigenvalue weighted by atomic mass is 10.00. The van der Waals surface area contributed by atoms with Crippen LogP contribution in [0.25, 0.3) is 0 Å². The summed E-state index contributed by atoms with van der Waals surface area (Å²) in [5, 5.41) is 0. The minimum absolute atomic E-state index is 0.146. The van der Waals surface area contributed by atoms with Gasteiger partial charge in [0.1, 0.15) is 0 Å². The van der Waals surface area contributed by atoms with Crippen molar-refractivity contribution in [3.63, 3.8) is 0 Å². The van der Waals surface area contributed by atoms with Gasteiger partial charge in [-0.2, -0.15) is 13.2 Å². The number of rotatable bonds is 1. The van der Waals surface area contributed by atoms with E-state index in [0.717, 1.165) is 0 Å². The fourth-order valence-electron chi connectivity index (χ4n) is 1.33. The van der Waals surface area contributed by atoms with Gasteiger partial charge in [0, 0.05) is 10.0 Å². The molecule has 1 unspecified atom stereocenters. The zero-order valence-electron chi connectivity index (χ0n) is 6.94. The van der Waals surface area contributed by atoms with Crippen LogP contribution in [0.5, 0.6) is 0 Å². The number of ether oxygens (including phenoxy) is 1. The molecule has 0 bridgehead atoms. The molecule has 14 heavy (non-hydrogen) atoms. The molecule has 0 radical (unpaired) electrons. The molecule has 0 N–H and O–H groups in total. The third-order valence-electron chi connectivity index (χ3n) is 2.20. The number of hydrogen-bond donors (Lipinski definition) is 0. The third kappa shape index (κ3) is 1.35. The molecule has 5 heteroatoms. The molecule has 1 atom stereocenters. The number of halogens is 4. The van der Waals surface area contributed by atoms with Crippen LogP contribution in [0.1, 0.15) is 5.56 Å². The number of alkyl halides is 3. The van der Waals surface area contributed by atoms with Crippen molar-refractivity contribution in [1.82, 2.24) is 0 Å². The van der Waals surface area contributed by atoms with Crippen LogP contribution in [0.4, 0.5) is 13.2 Å². The first-order chi connectivity index (χ1) is 6.47. The first-order valence-corrected chi connectivity index (χ1v) is 4.72. The van der Waals surface area contributed by atoms with Crippen molar-refractivity contribution in [3.8, 4) is 0 Å². The Hall–Kier alpha value is -0.550. The Morgan fingerprint density at radius 3 is 2.29 bits per heavy atom. The second-order valence-corrected chi connectivity index (χ2v) is 3.95. The average molecular weight is 267 g/mol. The molecule has 0 aromatic heterocycles. The molecule has 1 aliphatic heterocycles. The van der Waals surface area contributed by atoms with Gasteiger partial charge >= 0.3 is 6.18 Å². The maximum atomic E-state index is 12.6. The highest BCUT2D eigenvalue weighted by Gasteiger charge is 2.67. The summed E-state index contributed by atoms with van der Waals surface area (Å²) in [6, 6.07) is 6.23. The van der Waals surface area contributed by atoms with E-state index < -0.39 is 11.8 Å².